The van der Waals surface area contributed by atoms with Crippen molar-refractivity contribution in [3.8, 4) is 10.6 Å². The molecular weight excluding hydrogens is 304 g/mol. The lowest BCUT2D eigenvalue weighted by molar-refractivity contribution is -0.126. The van der Waals surface area contributed by atoms with Gasteiger partial charge in [0.15, 0.2) is 5.76 Å². The molecule has 0 saturated heterocycles. The van der Waals surface area contributed by atoms with Crippen molar-refractivity contribution in [1.82, 2.24) is 10.5 Å². The second-order valence-electron chi connectivity index (χ2n) is 4.55. The van der Waals surface area contributed by atoms with E-state index in [0.717, 1.165) is 11.3 Å². The summed E-state index contributed by atoms with van der Waals surface area (Å²) < 4.78 is 15.7. The third-order valence-electron chi connectivity index (χ3n) is 2.80. The number of hydrogen-bond acceptors (Lipinski definition) is 6. The maximum atomic E-state index is 11.5. The summed E-state index contributed by atoms with van der Waals surface area (Å²) in [5, 5.41) is 8.67. The van der Waals surface area contributed by atoms with Crippen LogP contribution in [-0.2, 0) is 20.9 Å². The molecule has 0 aliphatic heterocycles. The lowest BCUT2D eigenvalue weighted by Crippen LogP contribution is -2.29. The van der Waals surface area contributed by atoms with Gasteiger partial charge in [-0.15, -0.1) is 11.3 Å². The van der Waals surface area contributed by atoms with Crippen LogP contribution in [0.4, 0.5) is 0 Å². The van der Waals surface area contributed by atoms with E-state index < -0.39 is 0 Å². The molecular formula is C15H20N2O4S. The predicted molar refractivity (Wildman–Crippen MR) is 83.6 cm³/mol. The van der Waals surface area contributed by atoms with Crippen LogP contribution in [-0.4, -0.2) is 37.4 Å². The predicted octanol–water partition coefficient (Wildman–Crippen LogP) is 2.46. The first-order valence-corrected chi connectivity index (χ1v) is 8.09. The number of ether oxygens (including phenoxy) is 2. The molecule has 2 aromatic rings. The van der Waals surface area contributed by atoms with Crippen LogP contribution in [0.15, 0.2) is 28.1 Å². The van der Waals surface area contributed by atoms with Crippen LogP contribution >= 0.6 is 11.3 Å². The summed E-state index contributed by atoms with van der Waals surface area (Å²) >= 11 is 1.58. The van der Waals surface area contributed by atoms with E-state index in [1.807, 2.05) is 30.5 Å². The van der Waals surface area contributed by atoms with E-state index in [1.54, 1.807) is 11.3 Å². The van der Waals surface area contributed by atoms with Crippen LogP contribution in [0.25, 0.3) is 10.6 Å². The minimum Gasteiger partial charge on any atom is -0.382 e. The highest BCUT2D eigenvalue weighted by atomic mass is 32.1. The number of amides is 1. The minimum atomic E-state index is -0.140. The van der Waals surface area contributed by atoms with E-state index in [2.05, 4.69) is 10.5 Å². The van der Waals surface area contributed by atoms with E-state index in [-0.39, 0.29) is 19.1 Å². The van der Waals surface area contributed by atoms with E-state index in [9.17, 15) is 4.79 Å². The molecule has 0 aromatic carbocycles. The minimum absolute atomic E-state index is 0.00975. The molecule has 0 aliphatic rings. The molecule has 0 atom stereocenters. The van der Waals surface area contributed by atoms with Gasteiger partial charge in [0.2, 0.25) is 5.91 Å². The Balaban J connectivity index is 1.61. The molecule has 1 amide bonds. The Morgan fingerprint density at radius 3 is 3.14 bits per heavy atom. The van der Waals surface area contributed by atoms with Crippen molar-refractivity contribution in [2.75, 3.05) is 26.4 Å². The molecule has 2 rings (SSSR count). The van der Waals surface area contributed by atoms with Crippen molar-refractivity contribution in [1.29, 1.82) is 0 Å². The number of aromatic nitrogens is 1. The van der Waals surface area contributed by atoms with Gasteiger partial charge in [-0.2, -0.15) is 0 Å². The Morgan fingerprint density at radius 1 is 1.45 bits per heavy atom. The van der Waals surface area contributed by atoms with Crippen LogP contribution in [0.2, 0.25) is 0 Å². The summed E-state index contributed by atoms with van der Waals surface area (Å²) in [5.41, 5.74) is 0.674. The molecule has 22 heavy (non-hydrogen) atoms. The van der Waals surface area contributed by atoms with Crippen molar-refractivity contribution in [2.45, 2.75) is 20.0 Å². The molecule has 2 heterocycles. The van der Waals surface area contributed by atoms with Gasteiger partial charge >= 0.3 is 0 Å². The number of carbonyl (C=O) groups is 1. The highest BCUT2D eigenvalue weighted by Gasteiger charge is 2.08. The normalized spacial score (nSPS) is 10.8. The topological polar surface area (TPSA) is 73.6 Å². The van der Waals surface area contributed by atoms with E-state index in [4.69, 9.17) is 14.0 Å². The quantitative estimate of drug-likeness (QED) is 0.680. The van der Waals surface area contributed by atoms with Crippen molar-refractivity contribution in [2.24, 2.45) is 0 Å². The molecule has 2 aromatic heterocycles. The maximum absolute atomic E-state index is 11.5. The third kappa shape index (κ3) is 5.59. The van der Waals surface area contributed by atoms with E-state index >= 15 is 0 Å². The zero-order valence-corrected chi connectivity index (χ0v) is 13.4. The SMILES string of the molecule is CCOCCCNC(=O)COCc1cc(-c2cccs2)on1. The van der Waals surface area contributed by atoms with Crippen LogP contribution in [0.3, 0.4) is 0 Å². The third-order valence-corrected chi connectivity index (χ3v) is 3.68. The summed E-state index contributed by atoms with van der Waals surface area (Å²) in [6, 6.07) is 5.74. The van der Waals surface area contributed by atoms with Gasteiger partial charge in [-0.1, -0.05) is 11.2 Å². The summed E-state index contributed by atoms with van der Waals surface area (Å²) in [4.78, 5) is 12.6. The Kier molecular flexibility index (Phi) is 7.08. The fourth-order valence-corrected chi connectivity index (χ4v) is 2.43. The Morgan fingerprint density at radius 2 is 2.36 bits per heavy atom. The molecule has 6 nitrogen and oxygen atoms in total. The average molecular weight is 324 g/mol. The van der Waals surface area contributed by atoms with Crippen molar-refractivity contribution in [3.63, 3.8) is 0 Å². The Labute approximate surface area is 133 Å². The van der Waals surface area contributed by atoms with Crippen molar-refractivity contribution < 1.29 is 18.8 Å². The van der Waals surface area contributed by atoms with Crippen LogP contribution in [0.1, 0.15) is 19.0 Å². The zero-order valence-electron chi connectivity index (χ0n) is 12.5. The molecule has 7 heteroatoms. The van der Waals surface area contributed by atoms with Gasteiger partial charge in [-0.3, -0.25) is 4.79 Å². The van der Waals surface area contributed by atoms with Crippen LogP contribution in [0, 0.1) is 0 Å². The molecule has 0 spiro atoms. The summed E-state index contributed by atoms with van der Waals surface area (Å²) in [7, 11) is 0. The summed E-state index contributed by atoms with van der Waals surface area (Å²) in [6.07, 6.45) is 0.799. The second-order valence-corrected chi connectivity index (χ2v) is 5.50. The van der Waals surface area contributed by atoms with E-state index in [0.29, 0.717) is 31.2 Å². The van der Waals surface area contributed by atoms with Crippen LogP contribution in [0.5, 0.6) is 0 Å². The highest BCUT2D eigenvalue weighted by Crippen LogP contribution is 2.25. The maximum Gasteiger partial charge on any atom is 0.246 e. The van der Waals surface area contributed by atoms with Gasteiger partial charge < -0.3 is 19.3 Å². The molecule has 120 valence electrons. The van der Waals surface area contributed by atoms with Gasteiger partial charge in [0.1, 0.15) is 12.3 Å². The van der Waals surface area contributed by atoms with Gasteiger partial charge in [-0.05, 0) is 24.8 Å². The number of carbonyl (C=O) groups excluding carboxylic acids is 1. The number of hydrogen-bond donors (Lipinski definition) is 1. The zero-order chi connectivity index (χ0) is 15.6. The lowest BCUT2D eigenvalue weighted by atomic mass is 10.3. The van der Waals surface area contributed by atoms with Gasteiger partial charge in [0.05, 0.1) is 11.5 Å². The molecule has 0 unspecified atom stereocenters. The number of nitrogens with zero attached hydrogens (tertiary/aromatic N) is 1. The first-order chi connectivity index (χ1) is 10.8. The molecule has 0 aliphatic carbocycles. The Hall–Kier alpha value is -1.70. The van der Waals surface area contributed by atoms with E-state index in [1.165, 1.54) is 0 Å². The summed E-state index contributed by atoms with van der Waals surface area (Å²) in [5.74, 6) is 0.576. The Bertz CT molecular complexity index is 554. The first-order valence-electron chi connectivity index (χ1n) is 7.21. The molecule has 0 radical (unpaired) electrons. The fraction of sp³-hybridized carbons (Fsp3) is 0.467. The first kappa shape index (κ1) is 16.7. The van der Waals surface area contributed by atoms with Gasteiger partial charge in [-0.25, -0.2) is 0 Å². The standard InChI is InChI=1S/C15H20N2O4S/c1-2-19-7-4-6-16-15(18)11-20-10-12-9-13(21-17-12)14-5-3-8-22-14/h3,5,8-9H,2,4,6-7,10-11H2,1H3,(H,16,18). The largest absolute Gasteiger partial charge is 0.382 e. The van der Waals surface area contributed by atoms with Crippen molar-refractivity contribution in [3.05, 3.63) is 29.3 Å². The number of rotatable bonds is 10. The molecule has 0 fully saturated rings. The smallest absolute Gasteiger partial charge is 0.246 e. The average Bonchev–Trinajstić information content (AvgIpc) is 3.18. The monoisotopic (exact) mass is 324 g/mol. The lowest BCUT2D eigenvalue weighted by Gasteiger charge is -2.05. The van der Waals surface area contributed by atoms with Gasteiger partial charge in [0.25, 0.3) is 0 Å². The molecule has 0 bridgehead atoms. The summed E-state index contributed by atoms with van der Waals surface area (Å²) in [6.45, 7) is 4.15. The second kappa shape index (κ2) is 9.34. The van der Waals surface area contributed by atoms with Crippen LogP contribution < -0.4 is 5.32 Å². The molecule has 0 saturated carbocycles. The molecule has 1 N–H and O–H groups in total. The van der Waals surface area contributed by atoms with Gasteiger partial charge in [0, 0.05) is 25.8 Å². The number of nitrogens with one attached hydrogen (secondary N) is 1. The fourth-order valence-electron chi connectivity index (χ4n) is 1.76. The highest BCUT2D eigenvalue weighted by molar-refractivity contribution is 7.13. The number of thiophene rings is 1. The van der Waals surface area contributed by atoms with Crippen molar-refractivity contribution >= 4 is 17.2 Å².